The van der Waals surface area contributed by atoms with E-state index in [1.54, 1.807) is 34.8 Å². The fourth-order valence-corrected chi connectivity index (χ4v) is 2.04. The first kappa shape index (κ1) is 21.7. The number of carbonyl (C=O) groups is 2. The maximum atomic E-state index is 11.7. The quantitative estimate of drug-likeness (QED) is 0.564. The number of rotatable bonds is 11. The van der Waals surface area contributed by atoms with Crippen LogP contribution >= 0.6 is 0 Å². The van der Waals surface area contributed by atoms with Gasteiger partial charge in [0.2, 0.25) is 0 Å². The van der Waals surface area contributed by atoms with E-state index in [-0.39, 0.29) is 6.54 Å². The van der Waals surface area contributed by atoms with Crippen molar-refractivity contribution in [1.29, 1.82) is 0 Å². The number of hydrogen-bond donors (Lipinski definition) is 2. The molecule has 0 rings (SSSR count). The number of alkyl carbamates (subject to hydrolysis) is 1. The van der Waals surface area contributed by atoms with E-state index in [4.69, 9.17) is 14.2 Å². The van der Waals surface area contributed by atoms with Crippen molar-refractivity contribution < 1.29 is 28.9 Å². The second kappa shape index (κ2) is 10.4. The lowest BCUT2D eigenvalue weighted by Gasteiger charge is -2.29. The Hall–Kier alpha value is -1.34. The summed E-state index contributed by atoms with van der Waals surface area (Å²) in [6.07, 6.45) is 0.824. The van der Waals surface area contributed by atoms with E-state index in [0.29, 0.717) is 39.1 Å². The molecule has 0 aromatic carbocycles. The number of carboxylic acids is 1. The van der Waals surface area contributed by atoms with Crippen molar-refractivity contribution in [3.8, 4) is 0 Å². The maximum absolute atomic E-state index is 11.7. The summed E-state index contributed by atoms with van der Waals surface area (Å²) in [5.41, 5.74) is -1.63. The molecule has 0 radical (unpaired) electrons. The molecule has 0 spiro atoms. The van der Waals surface area contributed by atoms with E-state index >= 15 is 0 Å². The normalized spacial score (nSPS) is 14.1. The molecule has 0 saturated carbocycles. The van der Waals surface area contributed by atoms with Crippen LogP contribution in [0.2, 0.25) is 0 Å². The molecule has 2 N–H and O–H groups in total. The van der Waals surface area contributed by atoms with Gasteiger partial charge in [-0.25, -0.2) is 4.79 Å². The minimum atomic E-state index is -1.01. The van der Waals surface area contributed by atoms with E-state index < -0.39 is 23.1 Å². The Balaban J connectivity index is 4.43. The molecule has 0 aromatic rings. The Labute approximate surface area is 138 Å². The summed E-state index contributed by atoms with van der Waals surface area (Å²) >= 11 is 0. The van der Waals surface area contributed by atoms with Gasteiger partial charge in [0.05, 0.1) is 18.6 Å². The average Bonchev–Trinajstić information content (AvgIpc) is 2.44. The van der Waals surface area contributed by atoms with Gasteiger partial charge in [-0.1, -0.05) is 6.92 Å². The lowest BCUT2D eigenvalue weighted by molar-refractivity contribution is -0.149. The van der Waals surface area contributed by atoms with E-state index in [2.05, 4.69) is 5.32 Å². The van der Waals surface area contributed by atoms with Crippen molar-refractivity contribution in [1.82, 2.24) is 5.32 Å². The maximum Gasteiger partial charge on any atom is 0.407 e. The number of nitrogens with one attached hydrogen (secondary N) is 1. The number of carbonyl (C=O) groups excluding carboxylic acids is 1. The lowest BCUT2D eigenvalue weighted by atomic mass is 9.80. The summed E-state index contributed by atoms with van der Waals surface area (Å²) < 4.78 is 15.4. The molecule has 1 unspecified atom stereocenters. The molecule has 0 aliphatic carbocycles. The fourth-order valence-electron chi connectivity index (χ4n) is 2.04. The van der Waals surface area contributed by atoms with Gasteiger partial charge < -0.3 is 24.6 Å². The Morgan fingerprint density at radius 1 is 1.13 bits per heavy atom. The monoisotopic (exact) mass is 333 g/mol. The van der Waals surface area contributed by atoms with Gasteiger partial charge in [-0.15, -0.1) is 0 Å². The average molecular weight is 333 g/mol. The van der Waals surface area contributed by atoms with Gasteiger partial charge in [0.15, 0.2) is 0 Å². The topological polar surface area (TPSA) is 94.1 Å². The molecule has 7 nitrogen and oxygen atoms in total. The van der Waals surface area contributed by atoms with Crippen LogP contribution < -0.4 is 5.32 Å². The van der Waals surface area contributed by atoms with Crippen LogP contribution in [-0.4, -0.2) is 56.2 Å². The number of methoxy groups -OCH3 is 1. The summed E-state index contributed by atoms with van der Waals surface area (Å²) in [4.78, 5) is 23.4. The van der Waals surface area contributed by atoms with Gasteiger partial charge in [0.1, 0.15) is 5.60 Å². The van der Waals surface area contributed by atoms with Crippen molar-refractivity contribution in [2.45, 2.75) is 52.6 Å². The van der Waals surface area contributed by atoms with Crippen molar-refractivity contribution in [3.63, 3.8) is 0 Å². The third-order valence-electron chi connectivity index (χ3n) is 3.48. The van der Waals surface area contributed by atoms with Crippen molar-refractivity contribution in [2.75, 3.05) is 33.5 Å². The van der Waals surface area contributed by atoms with Crippen LogP contribution in [0.25, 0.3) is 0 Å². The van der Waals surface area contributed by atoms with E-state index in [0.717, 1.165) is 0 Å². The molecule has 0 bridgehead atoms. The van der Waals surface area contributed by atoms with Crippen molar-refractivity contribution in [3.05, 3.63) is 0 Å². The third-order valence-corrected chi connectivity index (χ3v) is 3.48. The van der Waals surface area contributed by atoms with Crippen LogP contribution in [0.5, 0.6) is 0 Å². The van der Waals surface area contributed by atoms with Gasteiger partial charge >= 0.3 is 12.1 Å². The van der Waals surface area contributed by atoms with Crippen molar-refractivity contribution in [2.24, 2.45) is 5.41 Å². The Bertz CT molecular complexity index is 366. The predicted molar refractivity (Wildman–Crippen MR) is 86.5 cm³/mol. The second-order valence-electron chi connectivity index (χ2n) is 6.50. The summed E-state index contributed by atoms with van der Waals surface area (Å²) in [5, 5.41) is 12.1. The molecule has 0 aliphatic heterocycles. The summed E-state index contributed by atoms with van der Waals surface area (Å²) in [5.74, 6) is -0.923. The van der Waals surface area contributed by atoms with Crippen LogP contribution in [0, 0.1) is 5.41 Å². The molecule has 0 aliphatic rings. The summed E-state index contributed by atoms with van der Waals surface area (Å²) in [6, 6.07) is 0. The smallest absolute Gasteiger partial charge is 0.407 e. The molecule has 7 heteroatoms. The molecule has 1 atom stereocenters. The second-order valence-corrected chi connectivity index (χ2v) is 6.50. The van der Waals surface area contributed by atoms with Gasteiger partial charge in [0, 0.05) is 20.3 Å². The summed E-state index contributed by atoms with van der Waals surface area (Å²) in [7, 11) is 1.60. The standard InChI is InChI=1S/C16H31NO6/c1-6-16(13(18)19,8-7-9-22-11-10-21-5)12-17-14(20)23-15(2,3)4/h6-12H2,1-5H3,(H,17,20)(H,18,19). The van der Waals surface area contributed by atoms with Crippen molar-refractivity contribution >= 4 is 12.1 Å². The number of carboxylic acid groups (broad SMARTS) is 1. The number of aliphatic carboxylic acids is 1. The highest BCUT2D eigenvalue weighted by molar-refractivity contribution is 5.76. The van der Waals surface area contributed by atoms with Crippen LogP contribution in [0.3, 0.4) is 0 Å². The zero-order valence-corrected chi connectivity index (χ0v) is 14.9. The third kappa shape index (κ3) is 9.40. The zero-order valence-electron chi connectivity index (χ0n) is 14.9. The number of hydrogen-bond acceptors (Lipinski definition) is 5. The van der Waals surface area contributed by atoms with Crippen LogP contribution in [0.15, 0.2) is 0 Å². The molecular weight excluding hydrogens is 302 g/mol. The minimum absolute atomic E-state index is 0.0335. The van der Waals surface area contributed by atoms with Crippen LogP contribution in [-0.2, 0) is 19.0 Å². The summed E-state index contributed by atoms with van der Waals surface area (Å²) in [6.45, 7) is 8.57. The molecule has 0 heterocycles. The first-order valence-electron chi connectivity index (χ1n) is 7.94. The fraction of sp³-hybridized carbons (Fsp3) is 0.875. The van der Waals surface area contributed by atoms with Gasteiger partial charge in [-0.3, -0.25) is 4.79 Å². The highest BCUT2D eigenvalue weighted by atomic mass is 16.6. The number of ether oxygens (including phenoxy) is 3. The van der Waals surface area contributed by atoms with Gasteiger partial charge in [0.25, 0.3) is 0 Å². The SMILES string of the molecule is CCC(CCCOCCOC)(CNC(=O)OC(C)(C)C)C(=O)O. The zero-order chi connectivity index (χ0) is 17.9. The lowest BCUT2D eigenvalue weighted by Crippen LogP contribution is -2.44. The first-order chi connectivity index (χ1) is 10.7. The molecular formula is C16H31NO6. The van der Waals surface area contributed by atoms with E-state index in [1.165, 1.54) is 0 Å². The van der Waals surface area contributed by atoms with E-state index in [9.17, 15) is 14.7 Å². The molecule has 0 aromatic heterocycles. The molecule has 1 amide bonds. The van der Waals surface area contributed by atoms with Gasteiger partial charge in [-0.2, -0.15) is 0 Å². The Morgan fingerprint density at radius 2 is 1.78 bits per heavy atom. The molecule has 0 saturated heterocycles. The molecule has 0 fully saturated rings. The van der Waals surface area contributed by atoms with E-state index in [1.807, 2.05) is 0 Å². The largest absolute Gasteiger partial charge is 0.481 e. The first-order valence-corrected chi connectivity index (χ1v) is 7.94. The van der Waals surface area contributed by atoms with Crippen LogP contribution in [0.1, 0.15) is 47.0 Å². The van der Waals surface area contributed by atoms with Crippen LogP contribution in [0.4, 0.5) is 4.79 Å². The molecule has 136 valence electrons. The minimum Gasteiger partial charge on any atom is -0.481 e. The molecule has 23 heavy (non-hydrogen) atoms. The highest BCUT2D eigenvalue weighted by Crippen LogP contribution is 2.28. The highest BCUT2D eigenvalue weighted by Gasteiger charge is 2.37. The predicted octanol–water partition coefficient (Wildman–Crippen LogP) is 2.44. The Morgan fingerprint density at radius 3 is 2.26 bits per heavy atom. The Kier molecular flexibility index (Phi) is 9.83. The number of amides is 1. The van der Waals surface area contributed by atoms with Gasteiger partial charge in [-0.05, 0) is 40.0 Å².